The van der Waals surface area contributed by atoms with Gasteiger partial charge in [0.1, 0.15) is 10.6 Å². The normalized spacial score (nSPS) is 13.5. The Morgan fingerprint density at radius 1 is 1.27 bits per heavy atom. The summed E-state index contributed by atoms with van der Waals surface area (Å²) in [5, 5.41) is 0. The van der Waals surface area contributed by atoms with Crippen LogP contribution in [0, 0.1) is 0 Å². The van der Waals surface area contributed by atoms with E-state index in [0.717, 1.165) is 22.6 Å². The van der Waals surface area contributed by atoms with Crippen molar-refractivity contribution >= 4 is 34.7 Å². The lowest BCUT2D eigenvalue weighted by atomic mass is 10.2. The van der Waals surface area contributed by atoms with Crippen LogP contribution in [0.3, 0.4) is 0 Å². The molecule has 1 aromatic carbocycles. The predicted molar refractivity (Wildman–Crippen MR) is 92.4 cm³/mol. The second-order valence-corrected chi connectivity index (χ2v) is 6.76. The highest BCUT2D eigenvalue weighted by molar-refractivity contribution is 7.14. The summed E-state index contributed by atoms with van der Waals surface area (Å²) < 4.78 is 33.7. The smallest absolute Gasteiger partial charge is 0.387 e. The van der Waals surface area contributed by atoms with Gasteiger partial charge in [0.15, 0.2) is 0 Å². The molecule has 1 saturated carbocycles. The number of rotatable bonds is 6. The van der Waals surface area contributed by atoms with Crippen LogP contribution in [0.5, 0.6) is 5.75 Å². The number of hydrogen-bond acceptors (Lipinski definition) is 5. The minimum Gasteiger partial charge on any atom is -0.465 e. The molecule has 6 nitrogen and oxygen atoms in total. The number of ether oxygens (including phenoxy) is 2. The number of halogens is 2. The number of carbonyl (C=O) groups is 2. The number of carbonyl (C=O) groups excluding carboxylic acids is 2. The lowest BCUT2D eigenvalue weighted by Gasteiger charge is -2.20. The van der Waals surface area contributed by atoms with Crippen LogP contribution in [0.1, 0.15) is 33.3 Å². The van der Waals surface area contributed by atoms with Crippen LogP contribution in [0.4, 0.5) is 25.0 Å². The molecule has 2 aromatic rings. The lowest BCUT2D eigenvalue weighted by molar-refractivity contribution is -0.0498. The van der Waals surface area contributed by atoms with Gasteiger partial charge in [-0.1, -0.05) is 0 Å². The molecule has 0 unspecified atom stereocenters. The van der Waals surface area contributed by atoms with E-state index < -0.39 is 18.6 Å². The predicted octanol–water partition coefficient (Wildman–Crippen LogP) is 4.23. The zero-order valence-electron chi connectivity index (χ0n) is 13.8. The van der Waals surface area contributed by atoms with Crippen LogP contribution in [0.2, 0.25) is 0 Å². The third kappa shape index (κ3) is 3.77. The second-order valence-electron chi connectivity index (χ2n) is 5.68. The van der Waals surface area contributed by atoms with Gasteiger partial charge in [-0.3, -0.25) is 4.90 Å². The fourth-order valence-electron chi connectivity index (χ4n) is 2.54. The zero-order valence-corrected chi connectivity index (χ0v) is 14.6. The number of hydrogen-bond donors (Lipinski definition) is 1. The van der Waals surface area contributed by atoms with Gasteiger partial charge in [0.2, 0.25) is 0 Å². The summed E-state index contributed by atoms with van der Waals surface area (Å²) in [6, 6.07) is 6.36. The average molecular weight is 382 g/mol. The number of primary amides is 1. The van der Waals surface area contributed by atoms with E-state index in [-0.39, 0.29) is 10.6 Å². The Kier molecular flexibility index (Phi) is 5.08. The van der Waals surface area contributed by atoms with Gasteiger partial charge in [-0.15, -0.1) is 11.3 Å². The highest BCUT2D eigenvalue weighted by Crippen LogP contribution is 2.47. The van der Waals surface area contributed by atoms with Gasteiger partial charge in [-0.2, -0.15) is 8.78 Å². The van der Waals surface area contributed by atoms with Crippen LogP contribution in [0.15, 0.2) is 30.3 Å². The Balaban J connectivity index is 2.00. The molecule has 2 amide bonds. The standard InChI is InChI=1S/C17H16F2N2O4S/c1-24-15(22)14-12(8-13(26-14)9-2-3-9)21(17(20)23)10-4-6-11(7-5-10)25-16(18)19/h4-9,16H,2-3H2,1H3,(H2,20,23). The van der Waals surface area contributed by atoms with Gasteiger partial charge >= 0.3 is 18.6 Å². The van der Waals surface area contributed by atoms with Gasteiger partial charge in [0.05, 0.1) is 18.5 Å². The van der Waals surface area contributed by atoms with Crippen molar-refractivity contribution in [3.05, 3.63) is 40.1 Å². The molecule has 1 heterocycles. The zero-order chi connectivity index (χ0) is 18.8. The topological polar surface area (TPSA) is 81.9 Å². The van der Waals surface area contributed by atoms with E-state index in [4.69, 9.17) is 10.5 Å². The molecule has 1 aliphatic rings. The lowest BCUT2D eigenvalue weighted by Crippen LogP contribution is -2.32. The Morgan fingerprint density at radius 2 is 1.92 bits per heavy atom. The molecular formula is C17H16F2N2O4S. The van der Waals surface area contributed by atoms with E-state index in [2.05, 4.69) is 4.74 Å². The maximum Gasteiger partial charge on any atom is 0.387 e. The van der Waals surface area contributed by atoms with Crippen molar-refractivity contribution in [2.75, 3.05) is 12.0 Å². The van der Waals surface area contributed by atoms with E-state index in [0.29, 0.717) is 17.3 Å². The summed E-state index contributed by atoms with van der Waals surface area (Å²) in [4.78, 5) is 26.6. The molecule has 2 N–H and O–H groups in total. The minimum absolute atomic E-state index is 0.0506. The van der Waals surface area contributed by atoms with E-state index in [1.165, 1.54) is 42.7 Å². The second kappa shape index (κ2) is 7.28. The maximum absolute atomic E-state index is 12.3. The highest BCUT2D eigenvalue weighted by Gasteiger charge is 2.31. The molecule has 0 radical (unpaired) electrons. The van der Waals surface area contributed by atoms with Gasteiger partial charge < -0.3 is 15.2 Å². The number of esters is 1. The molecule has 26 heavy (non-hydrogen) atoms. The number of amides is 2. The number of nitrogens with zero attached hydrogens (tertiary/aromatic N) is 1. The summed E-state index contributed by atoms with van der Waals surface area (Å²) in [5.74, 6) is -0.250. The van der Waals surface area contributed by atoms with E-state index >= 15 is 0 Å². The first-order valence-electron chi connectivity index (χ1n) is 7.77. The number of thiophene rings is 1. The first kappa shape index (κ1) is 18.1. The van der Waals surface area contributed by atoms with Crippen molar-refractivity contribution in [2.24, 2.45) is 5.73 Å². The average Bonchev–Trinajstić information content (AvgIpc) is 3.36. The van der Waals surface area contributed by atoms with Crippen LogP contribution < -0.4 is 15.4 Å². The van der Waals surface area contributed by atoms with E-state index in [1.54, 1.807) is 6.07 Å². The summed E-state index contributed by atoms with van der Waals surface area (Å²) in [6.45, 7) is -2.95. The molecule has 0 spiro atoms. The molecule has 9 heteroatoms. The van der Waals surface area contributed by atoms with E-state index in [1.807, 2.05) is 0 Å². The molecule has 3 rings (SSSR count). The summed E-state index contributed by atoms with van der Waals surface area (Å²) in [7, 11) is 1.26. The molecule has 0 atom stereocenters. The summed E-state index contributed by atoms with van der Waals surface area (Å²) >= 11 is 1.27. The van der Waals surface area contributed by atoms with Crippen molar-refractivity contribution < 1.29 is 27.8 Å². The number of methoxy groups -OCH3 is 1. The van der Waals surface area contributed by atoms with Crippen molar-refractivity contribution in [1.82, 2.24) is 0 Å². The van der Waals surface area contributed by atoms with Crippen molar-refractivity contribution in [2.45, 2.75) is 25.4 Å². The number of alkyl halides is 2. The Hall–Kier alpha value is -2.68. The first-order chi connectivity index (χ1) is 12.4. The largest absolute Gasteiger partial charge is 0.465 e. The monoisotopic (exact) mass is 382 g/mol. The Morgan fingerprint density at radius 3 is 2.42 bits per heavy atom. The molecule has 1 aromatic heterocycles. The molecule has 0 saturated heterocycles. The van der Waals surface area contributed by atoms with Gasteiger partial charge in [-0.05, 0) is 49.1 Å². The van der Waals surface area contributed by atoms with E-state index in [9.17, 15) is 18.4 Å². The molecule has 1 aliphatic carbocycles. The summed E-state index contributed by atoms with van der Waals surface area (Å²) in [5.41, 5.74) is 6.16. The molecule has 138 valence electrons. The third-order valence-corrected chi connectivity index (χ3v) is 5.13. The number of urea groups is 1. The van der Waals surface area contributed by atoms with Crippen LogP contribution in [0.25, 0.3) is 0 Å². The highest BCUT2D eigenvalue weighted by atomic mass is 32.1. The van der Waals surface area contributed by atoms with Crippen molar-refractivity contribution in [1.29, 1.82) is 0 Å². The van der Waals surface area contributed by atoms with Gasteiger partial charge in [0, 0.05) is 4.88 Å². The SMILES string of the molecule is COC(=O)c1sc(C2CC2)cc1N(C(N)=O)c1ccc(OC(F)F)cc1. The molecule has 0 bridgehead atoms. The third-order valence-electron chi connectivity index (χ3n) is 3.86. The molecule has 0 aliphatic heterocycles. The fourth-order valence-corrected chi connectivity index (χ4v) is 3.77. The quantitative estimate of drug-likeness (QED) is 0.758. The first-order valence-corrected chi connectivity index (χ1v) is 8.59. The number of benzene rings is 1. The van der Waals surface area contributed by atoms with Crippen molar-refractivity contribution in [3.8, 4) is 5.75 Å². The van der Waals surface area contributed by atoms with Gasteiger partial charge in [-0.25, -0.2) is 9.59 Å². The molecule has 1 fully saturated rings. The Bertz CT molecular complexity index is 819. The van der Waals surface area contributed by atoms with Crippen molar-refractivity contribution in [3.63, 3.8) is 0 Å². The number of anilines is 2. The Labute approximate surface area is 152 Å². The molecular weight excluding hydrogens is 366 g/mol. The maximum atomic E-state index is 12.3. The minimum atomic E-state index is -2.95. The van der Waals surface area contributed by atoms with Crippen LogP contribution in [-0.2, 0) is 4.74 Å². The summed E-state index contributed by atoms with van der Waals surface area (Å²) in [6.07, 6.45) is 2.05. The van der Waals surface area contributed by atoms with Gasteiger partial charge in [0.25, 0.3) is 0 Å². The van der Waals surface area contributed by atoms with Crippen LogP contribution >= 0.6 is 11.3 Å². The van der Waals surface area contributed by atoms with Crippen LogP contribution in [-0.4, -0.2) is 25.7 Å². The fraction of sp³-hybridized carbons (Fsp3) is 0.294. The number of nitrogens with two attached hydrogens (primary N) is 1.